The van der Waals surface area contributed by atoms with Crippen LogP contribution < -0.4 is 9.47 Å². The van der Waals surface area contributed by atoms with Crippen LogP contribution in [0.4, 0.5) is 0 Å². The molecule has 8 heteroatoms. The minimum absolute atomic E-state index is 0.191. The highest BCUT2D eigenvalue weighted by atomic mass is 16.5. The van der Waals surface area contributed by atoms with Crippen molar-refractivity contribution in [3.8, 4) is 22.8 Å². The van der Waals surface area contributed by atoms with Crippen molar-refractivity contribution in [3.63, 3.8) is 0 Å². The Morgan fingerprint density at radius 2 is 1.97 bits per heavy atom. The van der Waals surface area contributed by atoms with Crippen molar-refractivity contribution in [2.45, 2.75) is 32.4 Å². The Balaban J connectivity index is 1.29. The third kappa shape index (κ3) is 5.56. The van der Waals surface area contributed by atoms with Crippen LogP contribution in [0, 0.1) is 0 Å². The predicted molar refractivity (Wildman–Crippen MR) is 139 cm³/mol. The number of aliphatic hydroxyl groups is 1. The van der Waals surface area contributed by atoms with Crippen LogP contribution in [-0.2, 0) is 6.54 Å². The van der Waals surface area contributed by atoms with Crippen LogP contribution in [0.15, 0.2) is 67.3 Å². The number of fused-ring (bicyclic) bond motifs is 1. The van der Waals surface area contributed by atoms with Crippen LogP contribution >= 0.6 is 0 Å². The van der Waals surface area contributed by atoms with Crippen molar-refractivity contribution in [1.29, 1.82) is 0 Å². The number of aromatic nitrogens is 4. The lowest BCUT2D eigenvalue weighted by Crippen LogP contribution is -2.28. The number of rotatable bonds is 8. The van der Waals surface area contributed by atoms with Gasteiger partial charge in [-0.1, -0.05) is 18.2 Å². The summed E-state index contributed by atoms with van der Waals surface area (Å²) in [5, 5.41) is 14.4. The number of hydrogen-bond acceptors (Lipinski definition) is 7. The average Bonchev–Trinajstić information content (AvgIpc) is 3.36. The summed E-state index contributed by atoms with van der Waals surface area (Å²) < 4.78 is 12.8. The summed E-state index contributed by atoms with van der Waals surface area (Å²) >= 11 is 0. The van der Waals surface area contributed by atoms with Gasteiger partial charge in [0.1, 0.15) is 12.4 Å². The zero-order chi connectivity index (χ0) is 25.1. The highest BCUT2D eigenvalue weighted by molar-refractivity contribution is 5.81. The van der Waals surface area contributed by atoms with Crippen LogP contribution in [0.25, 0.3) is 22.2 Å². The van der Waals surface area contributed by atoms with E-state index in [1.807, 2.05) is 36.8 Å². The summed E-state index contributed by atoms with van der Waals surface area (Å²) in [5.74, 6) is 1.28. The third-order valence-corrected chi connectivity index (χ3v) is 6.18. The zero-order valence-electron chi connectivity index (χ0n) is 20.9. The summed E-state index contributed by atoms with van der Waals surface area (Å²) in [4.78, 5) is 11.5. The first kappa shape index (κ1) is 24.0. The number of methoxy groups -OCH3 is 1. The van der Waals surface area contributed by atoms with Crippen LogP contribution in [0.2, 0.25) is 0 Å². The summed E-state index contributed by atoms with van der Waals surface area (Å²) in [6.45, 7) is 6.34. The smallest absolute Gasteiger partial charge is 0.212 e. The van der Waals surface area contributed by atoms with Gasteiger partial charge in [0.05, 0.1) is 36.3 Å². The standard InChI is InChI=1S/C28H31N5O3/c1-28(2,34)19-36-23-14-24(26-8-11-31-33(26)18-23)22-5-6-25(29-16-22)21-9-12-32(13-10-21)17-20-4-7-27(35-3)30-15-20/h4-9,11,14-16,18,34H,10,12-13,17,19H2,1-3H3. The van der Waals surface area contributed by atoms with E-state index in [0.29, 0.717) is 11.6 Å². The van der Waals surface area contributed by atoms with Crippen molar-refractivity contribution < 1.29 is 14.6 Å². The molecule has 4 aromatic heterocycles. The first-order valence-electron chi connectivity index (χ1n) is 12.1. The number of ether oxygens (including phenoxy) is 2. The van der Waals surface area contributed by atoms with E-state index in [1.54, 1.807) is 31.7 Å². The molecule has 0 fully saturated rings. The van der Waals surface area contributed by atoms with E-state index in [-0.39, 0.29) is 6.61 Å². The fraction of sp³-hybridized carbons (Fsp3) is 0.321. The molecule has 0 atom stereocenters. The molecule has 0 saturated heterocycles. The molecule has 0 saturated carbocycles. The lowest BCUT2D eigenvalue weighted by atomic mass is 10.0. The van der Waals surface area contributed by atoms with Crippen molar-refractivity contribution in [1.82, 2.24) is 24.5 Å². The monoisotopic (exact) mass is 485 g/mol. The van der Waals surface area contributed by atoms with Gasteiger partial charge < -0.3 is 14.6 Å². The maximum Gasteiger partial charge on any atom is 0.212 e. The molecule has 0 aliphatic carbocycles. The second-order valence-corrected chi connectivity index (χ2v) is 9.71. The fourth-order valence-electron chi connectivity index (χ4n) is 4.29. The Bertz CT molecular complexity index is 1350. The number of hydrogen-bond donors (Lipinski definition) is 1. The van der Waals surface area contributed by atoms with E-state index < -0.39 is 5.60 Å². The van der Waals surface area contributed by atoms with Crippen molar-refractivity contribution >= 4 is 11.1 Å². The summed E-state index contributed by atoms with van der Waals surface area (Å²) in [6, 6.07) is 12.1. The van der Waals surface area contributed by atoms with E-state index in [4.69, 9.17) is 14.5 Å². The minimum atomic E-state index is -0.919. The van der Waals surface area contributed by atoms with Crippen LogP contribution in [0.1, 0.15) is 31.5 Å². The molecule has 0 aromatic carbocycles. The molecule has 1 N–H and O–H groups in total. The average molecular weight is 486 g/mol. The van der Waals surface area contributed by atoms with Crippen LogP contribution in [0.5, 0.6) is 11.6 Å². The maximum atomic E-state index is 10.0. The molecule has 0 amide bonds. The lowest BCUT2D eigenvalue weighted by Gasteiger charge is -2.26. The first-order valence-corrected chi connectivity index (χ1v) is 12.1. The largest absolute Gasteiger partial charge is 0.489 e. The molecule has 5 rings (SSSR count). The Labute approximate surface area is 210 Å². The van der Waals surface area contributed by atoms with Crippen LogP contribution in [0.3, 0.4) is 0 Å². The second kappa shape index (κ2) is 10.1. The van der Waals surface area contributed by atoms with Gasteiger partial charge in [0.15, 0.2) is 0 Å². The SMILES string of the molecule is COc1ccc(CN2CC=C(c3ccc(-c4cc(OCC(C)(C)O)cn5nccc45)cn3)CC2)cn1. The first-order chi connectivity index (χ1) is 17.4. The quantitative estimate of drug-likeness (QED) is 0.400. The zero-order valence-corrected chi connectivity index (χ0v) is 20.9. The van der Waals surface area contributed by atoms with Gasteiger partial charge in [0.2, 0.25) is 5.88 Å². The Morgan fingerprint density at radius 1 is 1.08 bits per heavy atom. The number of pyridine rings is 3. The minimum Gasteiger partial charge on any atom is -0.489 e. The van der Waals surface area contributed by atoms with Gasteiger partial charge >= 0.3 is 0 Å². The van der Waals surface area contributed by atoms with Crippen molar-refractivity contribution in [3.05, 3.63) is 78.5 Å². The molecule has 0 unspecified atom stereocenters. The van der Waals surface area contributed by atoms with E-state index >= 15 is 0 Å². The van der Waals surface area contributed by atoms with E-state index in [2.05, 4.69) is 39.3 Å². The normalized spacial score (nSPS) is 14.6. The highest BCUT2D eigenvalue weighted by Gasteiger charge is 2.17. The van der Waals surface area contributed by atoms with Gasteiger partial charge in [-0.3, -0.25) is 9.88 Å². The maximum absolute atomic E-state index is 10.0. The van der Waals surface area contributed by atoms with Crippen molar-refractivity contribution in [2.24, 2.45) is 0 Å². The molecular weight excluding hydrogens is 454 g/mol. The number of nitrogens with zero attached hydrogens (tertiary/aromatic N) is 5. The fourth-order valence-corrected chi connectivity index (χ4v) is 4.29. The molecule has 4 aromatic rings. The van der Waals surface area contributed by atoms with E-state index in [9.17, 15) is 5.11 Å². The molecule has 0 radical (unpaired) electrons. The van der Waals surface area contributed by atoms with Gasteiger partial charge in [-0.15, -0.1) is 0 Å². The van der Waals surface area contributed by atoms with Gasteiger partial charge in [0, 0.05) is 49.2 Å². The van der Waals surface area contributed by atoms with Gasteiger partial charge in [-0.05, 0) is 49.6 Å². The van der Waals surface area contributed by atoms with Crippen molar-refractivity contribution in [2.75, 3.05) is 26.8 Å². The summed E-state index contributed by atoms with van der Waals surface area (Å²) in [7, 11) is 1.63. The molecule has 5 heterocycles. The lowest BCUT2D eigenvalue weighted by molar-refractivity contribution is 0.0283. The topological polar surface area (TPSA) is 85.0 Å². The molecule has 1 aliphatic heterocycles. The summed E-state index contributed by atoms with van der Waals surface area (Å²) in [5.41, 5.74) is 5.47. The van der Waals surface area contributed by atoms with Crippen LogP contribution in [-0.4, -0.2) is 62.0 Å². The molecular formula is C28H31N5O3. The molecule has 0 spiro atoms. The molecule has 8 nitrogen and oxygen atoms in total. The Morgan fingerprint density at radius 3 is 2.64 bits per heavy atom. The Kier molecular flexibility index (Phi) is 6.71. The van der Waals surface area contributed by atoms with E-state index in [0.717, 1.165) is 48.4 Å². The molecule has 1 aliphatic rings. The van der Waals surface area contributed by atoms with Gasteiger partial charge in [0.25, 0.3) is 0 Å². The molecule has 0 bridgehead atoms. The second-order valence-electron chi connectivity index (χ2n) is 9.71. The Hall–Kier alpha value is -3.75. The van der Waals surface area contributed by atoms with Gasteiger partial charge in [-0.25, -0.2) is 9.50 Å². The molecule has 36 heavy (non-hydrogen) atoms. The molecule has 186 valence electrons. The highest BCUT2D eigenvalue weighted by Crippen LogP contribution is 2.30. The third-order valence-electron chi connectivity index (χ3n) is 6.18. The van der Waals surface area contributed by atoms with Gasteiger partial charge in [-0.2, -0.15) is 5.10 Å². The van der Waals surface area contributed by atoms with E-state index in [1.165, 1.54) is 11.1 Å². The summed E-state index contributed by atoms with van der Waals surface area (Å²) in [6.07, 6.45) is 10.6. The predicted octanol–water partition coefficient (Wildman–Crippen LogP) is 4.24.